The normalized spacial score (nSPS) is 10.4. The molecule has 0 saturated heterocycles. The number of ether oxygens (including phenoxy) is 2. The van der Waals surface area contributed by atoms with Crippen molar-refractivity contribution in [1.82, 2.24) is 9.97 Å². The standard InChI is InChI=1S/C16H21N3O2/c1-3-10-20-15-11-12(2)18-16(19-15)21-14-6-4-13(5-7-14)8-9-17/h4-7,11H,3,8-10,17H2,1-2H3. The maximum Gasteiger partial charge on any atom is 0.325 e. The number of aryl methyl sites for hydroxylation is 1. The Hall–Kier alpha value is -2.14. The highest BCUT2D eigenvalue weighted by Crippen LogP contribution is 2.21. The Morgan fingerprint density at radius 1 is 1.14 bits per heavy atom. The fourth-order valence-corrected chi connectivity index (χ4v) is 1.84. The third kappa shape index (κ3) is 4.72. The summed E-state index contributed by atoms with van der Waals surface area (Å²) in [5, 5.41) is 0. The van der Waals surface area contributed by atoms with Gasteiger partial charge in [0, 0.05) is 11.8 Å². The number of hydrogen-bond acceptors (Lipinski definition) is 5. The molecule has 0 fully saturated rings. The number of rotatable bonds is 7. The molecule has 0 aliphatic rings. The van der Waals surface area contributed by atoms with Crippen LogP contribution in [0.4, 0.5) is 0 Å². The smallest absolute Gasteiger partial charge is 0.325 e. The molecular weight excluding hydrogens is 266 g/mol. The SMILES string of the molecule is CCCOc1cc(C)nc(Oc2ccc(CCN)cc2)n1. The third-order valence-electron chi connectivity index (χ3n) is 2.83. The van der Waals surface area contributed by atoms with E-state index in [4.69, 9.17) is 15.2 Å². The van der Waals surface area contributed by atoms with Crippen LogP contribution in [0.1, 0.15) is 24.6 Å². The molecule has 0 amide bonds. The van der Waals surface area contributed by atoms with Gasteiger partial charge in [-0.1, -0.05) is 19.1 Å². The van der Waals surface area contributed by atoms with E-state index < -0.39 is 0 Å². The van der Waals surface area contributed by atoms with Crippen molar-refractivity contribution in [2.45, 2.75) is 26.7 Å². The number of hydrogen-bond donors (Lipinski definition) is 1. The zero-order chi connectivity index (χ0) is 15.1. The van der Waals surface area contributed by atoms with Gasteiger partial charge in [0.25, 0.3) is 0 Å². The van der Waals surface area contributed by atoms with Crippen LogP contribution in [0.2, 0.25) is 0 Å². The van der Waals surface area contributed by atoms with E-state index >= 15 is 0 Å². The molecule has 0 saturated carbocycles. The van der Waals surface area contributed by atoms with Crippen LogP contribution < -0.4 is 15.2 Å². The minimum atomic E-state index is 0.299. The van der Waals surface area contributed by atoms with Crippen LogP contribution >= 0.6 is 0 Å². The van der Waals surface area contributed by atoms with E-state index in [1.807, 2.05) is 38.1 Å². The Kier molecular flexibility index (Phi) is 5.51. The summed E-state index contributed by atoms with van der Waals surface area (Å²) in [5.41, 5.74) is 7.52. The molecule has 0 radical (unpaired) electrons. The number of nitrogens with zero attached hydrogens (tertiary/aromatic N) is 2. The Morgan fingerprint density at radius 2 is 1.90 bits per heavy atom. The predicted molar refractivity (Wildman–Crippen MR) is 81.8 cm³/mol. The summed E-state index contributed by atoms with van der Waals surface area (Å²) in [7, 11) is 0. The Labute approximate surface area is 125 Å². The van der Waals surface area contributed by atoms with E-state index in [-0.39, 0.29) is 0 Å². The van der Waals surface area contributed by atoms with Gasteiger partial charge in [-0.05, 0) is 44.0 Å². The average Bonchev–Trinajstić information content (AvgIpc) is 2.47. The maximum atomic E-state index is 5.68. The predicted octanol–water partition coefficient (Wildman–Crippen LogP) is 2.87. The van der Waals surface area contributed by atoms with Gasteiger partial charge < -0.3 is 15.2 Å². The molecule has 0 aliphatic heterocycles. The van der Waals surface area contributed by atoms with Gasteiger partial charge in [-0.15, -0.1) is 0 Å². The van der Waals surface area contributed by atoms with Crippen molar-refractivity contribution in [1.29, 1.82) is 0 Å². The highest BCUT2D eigenvalue weighted by Gasteiger charge is 2.06. The minimum absolute atomic E-state index is 0.299. The molecule has 1 heterocycles. The molecule has 2 N–H and O–H groups in total. The van der Waals surface area contributed by atoms with Gasteiger partial charge in [0.1, 0.15) is 5.75 Å². The fraction of sp³-hybridized carbons (Fsp3) is 0.375. The molecule has 112 valence electrons. The summed E-state index contributed by atoms with van der Waals surface area (Å²) in [4.78, 5) is 8.51. The lowest BCUT2D eigenvalue weighted by atomic mass is 10.1. The molecule has 2 aromatic rings. The molecule has 2 rings (SSSR count). The van der Waals surface area contributed by atoms with Crippen molar-refractivity contribution in [3.05, 3.63) is 41.6 Å². The number of nitrogens with two attached hydrogens (primary N) is 1. The zero-order valence-electron chi connectivity index (χ0n) is 12.5. The molecule has 0 aliphatic carbocycles. The van der Waals surface area contributed by atoms with Gasteiger partial charge in [-0.2, -0.15) is 9.97 Å². The summed E-state index contributed by atoms with van der Waals surface area (Å²) >= 11 is 0. The molecule has 0 spiro atoms. The summed E-state index contributed by atoms with van der Waals surface area (Å²) in [6.45, 7) is 5.20. The molecule has 5 heteroatoms. The van der Waals surface area contributed by atoms with E-state index in [2.05, 4.69) is 9.97 Å². The molecule has 0 atom stereocenters. The minimum Gasteiger partial charge on any atom is -0.478 e. The first-order chi connectivity index (χ1) is 10.2. The first-order valence-electron chi connectivity index (χ1n) is 7.16. The van der Waals surface area contributed by atoms with Gasteiger partial charge in [-0.3, -0.25) is 0 Å². The lowest BCUT2D eigenvalue weighted by Crippen LogP contribution is -2.02. The molecule has 1 aromatic heterocycles. The van der Waals surface area contributed by atoms with Gasteiger partial charge in [-0.25, -0.2) is 0 Å². The quantitative estimate of drug-likeness (QED) is 0.848. The third-order valence-corrected chi connectivity index (χ3v) is 2.83. The van der Waals surface area contributed by atoms with E-state index in [9.17, 15) is 0 Å². The van der Waals surface area contributed by atoms with Gasteiger partial charge in [0.05, 0.1) is 6.61 Å². The van der Waals surface area contributed by atoms with Crippen molar-refractivity contribution in [3.8, 4) is 17.6 Å². The Bertz CT molecular complexity index is 570. The first-order valence-corrected chi connectivity index (χ1v) is 7.16. The molecule has 21 heavy (non-hydrogen) atoms. The first kappa shape index (κ1) is 15.3. The molecule has 1 aromatic carbocycles. The topological polar surface area (TPSA) is 70.3 Å². The second-order valence-corrected chi connectivity index (χ2v) is 4.76. The number of aromatic nitrogens is 2. The van der Waals surface area contributed by atoms with Crippen molar-refractivity contribution in [3.63, 3.8) is 0 Å². The van der Waals surface area contributed by atoms with Gasteiger partial charge >= 0.3 is 6.01 Å². The van der Waals surface area contributed by atoms with Crippen molar-refractivity contribution in [2.24, 2.45) is 5.73 Å². The van der Waals surface area contributed by atoms with Crippen LogP contribution in [0.3, 0.4) is 0 Å². The average molecular weight is 287 g/mol. The lowest BCUT2D eigenvalue weighted by Gasteiger charge is -2.08. The molecule has 0 bridgehead atoms. The Balaban J connectivity index is 2.09. The van der Waals surface area contributed by atoms with E-state index in [1.54, 1.807) is 6.07 Å². The second kappa shape index (κ2) is 7.59. The molecular formula is C16H21N3O2. The summed E-state index contributed by atoms with van der Waals surface area (Å²) in [6.07, 6.45) is 1.79. The Morgan fingerprint density at radius 3 is 2.57 bits per heavy atom. The van der Waals surface area contributed by atoms with Gasteiger partial charge in [0.2, 0.25) is 5.88 Å². The van der Waals surface area contributed by atoms with Crippen LogP contribution in [-0.4, -0.2) is 23.1 Å². The van der Waals surface area contributed by atoms with E-state index in [0.717, 1.165) is 18.5 Å². The van der Waals surface area contributed by atoms with Crippen molar-refractivity contribution >= 4 is 0 Å². The summed E-state index contributed by atoms with van der Waals surface area (Å²) in [6, 6.07) is 9.87. The maximum absolute atomic E-state index is 5.68. The summed E-state index contributed by atoms with van der Waals surface area (Å²) < 4.78 is 11.2. The summed E-state index contributed by atoms with van der Waals surface area (Å²) in [5.74, 6) is 1.24. The molecule has 5 nitrogen and oxygen atoms in total. The van der Waals surface area contributed by atoms with Crippen LogP contribution in [-0.2, 0) is 6.42 Å². The fourth-order valence-electron chi connectivity index (χ4n) is 1.84. The zero-order valence-corrected chi connectivity index (χ0v) is 12.5. The van der Waals surface area contributed by atoms with E-state index in [0.29, 0.717) is 30.8 Å². The number of benzene rings is 1. The molecule has 0 unspecified atom stereocenters. The lowest BCUT2D eigenvalue weighted by molar-refractivity contribution is 0.298. The largest absolute Gasteiger partial charge is 0.478 e. The van der Waals surface area contributed by atoms with Crippen molar-refractivity contribution in [2.75, 3.05) is 13.2 Å². The van der Waals surface area contributed by atoms with Gasteiger partial charge in [0.15, 0.2) is 0 Å². The van der Waals surface area contributed by atoms with Crippen molar-refractivity contribution < 1.29 is 9.47 Å². The second-order valence-electron chi connectivity index (χ2n) is 4.76. The highest BCUT2D eigenvalue weighted by molar-refractivity contribution is 5.30. The van der Waals surface area contributed by atoms with Crippen LogP contribution in [0.25, 0.3) is 0 Å². The van der Waals surface area contributed by atoms with E-state index in [1.165, 1.54) is 5.56 Å². The van der Waals surface area contributed by atoms with Crippen LogP contribution in [0.15, 0.2) is 30.3 Å². The highest BCUT2D eigenvalue weighted by atomic mass is 16.5. The van der Waals surface area contributed by atoms with Crippen LogP contribution in [0.5, 0.6) is 17.6 Å². The monoisotopic (exact) mass is 287 g/mol. The van der Waals surface area contributed by atoms with Crippen LogP contribution in [0, 0.1) is 6.92 Å².